The lowest BCUT2D eigenvalue weighted by Gasteiger charge is -2.06. The van der Waals surface area contributed by atoms with Crippen molar-refractivity contribution in [2.24, 2.45) is 0 Å². The molecule has 1 N–H and O–H groups in total. The summed E-state index contributed by atoms with van der Waals surface area (Å²) in [5.41, 5.74) is 1.88. The second kappa shape index (κ2) is 8.30. The molecule has 1 heterocycles. The third-order valence-electron chi connectivity index (χ3n) is 2.49. The van der Waals surface area contributed by atoms with Gasteiger partial charge in [-0.25, -0.2) is 9.97 Å². The highest BCUT2D eigenvalue weighted by molar-refractivity contribution is 7.99. The van der Waals surface area contributed by atoms with E-state index in [1.165, 1.54) is 0 Å². The van der Waals surface area contributed by atoms with E-state index >= 15 is 0 Å². The van der Waals surface area contributed by atoms with Crippen molar-refractivity contribution in [2.45, 2.75) is 12.1 Å². The first-order valence-corrected chi connectivity index (χ1v) is 7.50. The number of aliphatic hydroxyl groups is 1. The number of benzene rings is 1. The molecule has 1 aromatic carbocycles. The van der Waals surface area contributed by atoms with Gasteiger partial charge >= 0.3 is 0 Å². The maximum absolute atomic E-state index is 8.68. The summed E-state index contributed by atoms with van der Waals surface area (Å²) in [7, 11) is 0. The van der Waals surface area contributed by atoms with E-state index in [0.29, 0.717) is 6.61 Å². The van der Waals surface area contributed by atoms with Crippen LogP contribution in [0.25, 0.3) is 0 Å². The molecule has 0 atom stereocenters. The highest BCUT2D eigenvalue weighted by Crippen LogP contribution is 2.15. The smallest absolute Gasteiger partial charge is 0.187 e. The molecule has 0 unspecified atom stereocenters. The maximum Gasteiger partial charge on any atom is 0.187 e. The molecule has 0 spiro atoms. The number of ether oxygens (including phenoxy) is 1. The second-order valence-corrected chi connectivity index (χ2v) is 5.29. The lowest BCUT2D eigenvalue weighted by molar-refractivity contribution is 0.343. The molecule has 5 heteroatoms. The summed E-state index contributed by atoms with van der Waals surface area (Å²) in [6.07, 6.45) is 3.61. The van der Waals surface area contributed by atoms with Crippen LogP contribution in [0.4, 0.5) is 0 Å². The number of aromatic nitrogens is 2. The second-order valence-electron chi connectivity index (χ2n) is 4.23. The molecule has 21 heavy (non-hydrogen) atoms. The minimum Gasteiger partial charge on any atom is -0.493 e. The predicted octanol–water partition coefficient (Wildman–Crippen LogP) is 2.30. The van der Waals surface area contributed by atoms with Crippen LogP contribution < -0.4 is 4.74 Å². The van der Waals surface area contributed by atoms with Crippen LogP contribution in [0, 0.1) is 18.8 Å². The van der Waals surface area contributed by atoms with Crippen molar-refractivity contribution in [1.82, 2.24) is 9.97 Å². The number of rotatable bonds is 5. The molecule has 2 rings (SSSR count). The topological polar surface area (TPSA) is 55.2 Å². The molecule has 2 aromatic rings. The van der Waals surface area contributed by atoms with Crippen LogP contribution in [0.5, 0.6) is 5.75 Å². The standard InChI is InChI=1S/C16H16N2O2S/c1-13-11-17-16(18-12-13)21-9-8-20-15-6-2-4-14(10-15)5-3-7-19/h2,4,6,10-12,19H,7-9H2,1H3. The molecular weight excluding hydrogens is 284 g/mol. The van der Waals surface area contributed by atoms with Crippen LogP contribution in [0.3, 0.4) is 0 Å². The van der Waals surface area contributed by atoms with Gasteiger partial charge in [0.05, 0.1) is 6.61 Å². The Labute approximate surface area is 128 Å². The summed E-state index contributed by atoms with van der Waals surface area (Å²) in [5.74, 6) is 7.01. The molecule has 0 fully saturated rings. The zero-order chi connectivity index (χ0) is 14.9. The van der Waals surface area contributed by atoms with E-state index in [2.05, 4.69) is 21.8 Å². The number of nitrogens with zero attached hydrogens (tertiary/aromatic N) is 2. The Morgan fingerprint density at radius 2 is 2.10 bits per heavy atom. The monoisotopic (exact) mass is 300 g/mol. The van der Waals surface area contributed by atoms with Gasteiger partial charge in [0, 0.05) is 23.7 Å². The van der Waals surface area contributed by atoms with Crippen molar-refractivity contribution in [3.05, 3.63) is 47.8 Å². The van der Waals surface area contributed by atoms with Crippen LogP contribution >= 0.6 is 11.8 Å². The fourth-order valence-electron chi connectivity index (χ4n) is 1.55. The van der Waals surface area contributed by atoms with E-state index in [1.54, 1.807) is 24.2 Å². The van der Waals surface area contributed by atoms with E-state index in [-0.39, 0.29) is 6.61 Å². The average Bonchev–Trinajstić information content (AvgIpc) is 2.52. The SMILES string of the molecule is Cc1cnc(SCCOc2cccc(C#CCO)c2)nc1. The molecule has 0 amide bonds. The molecule has 0 aliphatic carbocycles. The Bertz CT molecular complexity index is 633. The average molecular weight is 300 g/mol. The minimum absolute atomic E-state index is 0.141. The number of thioether (sulfide) groups is 1. The van der Waals surface area contributed by atoms with E-state index < -0.39 is 0 Å². The maximum atomic E-state index is 8.68. The van der Waals surface area contributed by atoms with Gasteiger partial charge in [-0.2, -0.15) is 0 Å². The van der Waals surface area contributed by atoms with Crippen molar-refractivity contribution in [2.75, 3.05) is 19.0 Å². The normalized spacial score (nSPS) is 9.81. The first kappa shape index (κ1) is 15.4. The van der Waals surface area contributed by atoms with Gasteiger partial charge in [0.2, 0.25) is 0 Å². The highest BCUT2D eigenvalue weighted by atomic mass is 32.2. The molecule has 0 saturated carbocycles. The van der Waals surface area contributed by atoms with Crippen molar-refractivity contribution in [3.8, 4) is 17.6 Å². The van der Waals surface area contributed by atoms with Gasteiger partial charge < -0.3 is 9.84 Å². The summed E-state index contributed by atoms with van der Waals surface area (Å²) in [5, 5.41) is 9.43. The number of aryl methyl sites for hydroxylation is 1. The molecule has 0 aliphatic heterocycles. The lowest BCUT2D eigenvalue weighted by atomic mass is 10.2. The van der Waals surface area contributed by atoms with Crippen LogP contribution in [0.2, 0.25) is 0 Å². The zero-order valence-electron chi connectivity index (χ0n) is 11.7. The molecule has 1 aromatic heterocycles. The molecular formula is C16H16N2O2S. The summed E-state index contributed by atoms with van der Waals surface area (Å²) in [4.78, 5) is 8.45. The summed E-state index contributed by atoms with van der Waals surface area (Å²) < 4.78 is 5.67. The van der Waals surface area contributed by atoms with Crippen molar-refractivity contribution in [3.63, 3.8) is 0 Å². The Hall–Kier alpha value is -2.03. The van der Waals surface area contributed by atoms with Crippen molar-refractivity contribution >= 4 is 11.8 Å². The first-order valence-electron chi connectivity index (χ1n) is 6.52. The van der Waals surface area contributed by atoms with Gasteiger partial charge in [-0.3, -0.25) is 0 Å². The fraction of sp³-hybridized carbons (Fsp3) is 0.250. The zero-order valence-corrected chi connectivity index (χ0v) is 12.6. The van der Waals surface area contributed by atoms with Gasteiger partial charge in [-0.05, 0) is 30.7 Å². The predicted molar refractivity (Wildman–Crippen MR) is 83.4 cm³/mol. The van der Waals surface area contributed by atoms with E-state index in [9.17, 15) is 0 Å². The first-order chi connectivity index (χ1) is 10.3. The van der Waals surface area contributed by atoms with Crippen LogP contribution in [0.1, 0.15) is 11.1 Å². The van der Waals surface area contributed by atoms with Gasteiger partial charge in [0.1, 0.15) is 12.4 Å². The van der Waals surface area contributed by atoms with Crippen molar-refractivity contribution in [1.29, 1.82) is 0 Å². The van der Waals surface area contributed by atoms with Crippen LogP contribution in [0.15, 0.2) is 41.8 Å². The molecule has 4 nitrogen and oxygen atoms in total. The highest BCUT2D eigenvalue weighted by Gasteiger charge is 1.99. The van der Waals surface area contributed by atoms with Gasteiger partial charge in [-0.15, -0.1) is 0 Å². The van der Waals surface area contributed by atoms with E-state index in [1.807, 2.05) is 31.2 Å². The third kappa shape index (κ3) is 5.46. The van der Waals surface area contributed by atoms with Gasteiger partial charge in [0.25, 0.3) is 0 Å². The van der Waals surface area contributed by atoms with Crippen LogP contribution in [-0.4, -0.2) is 34.0 Å². The Morgan fingerprint density at radius 3 is 2.86 bits per heavy atom. The van der Waals surface area contributed by atoms with Gasteiger partial charge in [0.15, 0.2) is 5.16 Å². The number of hydrogen-bond donors (Lipinski definition) is 1. The van der Waals surface area contributed by atoms with Gasteiger partial charge in [-0.1, -0.05) is 29.7 Å². The minimum atomic E-state index is -0.141. The van der Waals surface area contributed by atoms with E-state index in [4.69, 9.17) is 9.84 Å². The quantitative estimate of drug-likeness (QED) is 0.397. The largest absolute Gasteiger partial charge is 0.493 e. The number of hydrogen-bond acceptors (Lipinski definition) is 5. The summed E-state index contributed by atoms with van der Waals surface area (Å²) in [6.45, 7) is 2.39. The molecule has 0 saturated heterocycles. The third-order valence-corrected chi connectivity index (χ3v) is 3.33. The Morgan fingerprint density at radius 1 is 1.29 bits per heavy atom. The van der Waals surface area contributed by atoms with Crippen LogP contribution in [-0.2, 0) is 0 Å². The molecule has 108 valence electrons. The summed E-state index contributed by atoms with van der Waals surface area (Å²) in [6, 6.07) is 7.50. The Kier molecular flexibility index (Phi) is 6.07. The Balaban J connectivity index is 1.79. The lowest BCUT2D eigenvalue weighted by Crippen LogP contribution is -2.01. The molecule has 0 radical (unpaired) electrons. The summed E-state index contributed by atoms with van der Waals surface area (Å²) >= 11 is 1.56. The van der Waals surface area contributed by atoms with Crippen molar-refractivity contribution < 1.29 is 9.84 Å². The fourth-order valence-corrected chi connectivity index (χ4v) is 2.16. The number of aliphatic hydroxyl groups excluding tert-OH is 1. The molecule has 0 aliphatic rings. The van der Waals surface area contributed by atoms with E-state index in [0.717, 1.165) is 27.8 Å². The molecule has 0 bridgehead atoms.